The average Bonchev–Trinajstić information content (AvgIpc) is 3.57. The lowest BCUT2D eigenvalue weighted by Gasteiger charge is -2.44. The zero-order valence-electron chi connectivity index (χ0n) is 31.6. The van der Waals surface area contributed by atoms with Crippen molar-refractivity contribution in [3.05, 3.63) is 107 Å². The number of hydrogen-bond donors (Lipinski definition) is 2. The van der Waals surface area contributed by atoms with Crippen molar-refractivity contribution in [1.82, 2.24) is 23.7 Å². The van der Waals surface area contributed by atoms with Crippen LogP contribution in [0.5, 0.6) is 0 Å². The van der Waals surface area contributed by atoms with Crippen LogP contribution in [0.3, 0.4) is 0 Å². The number of rotatable bonds is 10. The molecule has 0 radical (unpaired) electrons. The van der Waals surface area contributed by atoms with Crippen LogP contribution in [-0.2, 0) is 15.8 Å². The molecule has 0 atom stereocenters. The first-order chi connectivity index (χ1) is 26.6. The van der Waals surface area contributed by atoms with Gasteiger partial charge in [-0.3, -0.25) is 9.69 Å². The molecular formula is C43H50N6O5S. The summed E-state index contributed by atoms with van der Waals surface area (Å²) in [5.74, 6) is -0.312. The van der Waals surface area contributed by atoms with E-state index in [1.54, 1.807) is 41.6 Å². The Morgan fingerprint density at radius 1 is 0.836 bits per heavy atom. The summed E-state index contributed by atoms with van der Waals surface area (Å²) < 4.78 is 29.2. The lowest BCUT2D eigenvalue weighted by molar-refractivity contribution is 0.00589. The van der Waals surface area contributed by atoms with E-state index < -0.39 is 16.1 Å². The van der Waals surface area contributed by atoms with Gasteiger partial charge in [0, 0.05) is 92.0 Å². The number of amides is 1. The molecule has 11 nitrogen and oxygen atoms in total. The number of aliphatic hydroxyl groups excluding tert-OH is 2. The number of piperazine rings is 1. The Morgan fingerprint density at radius 2 is 1.51 bits per heavy atom. The number of fused-ring (bicyclic) bond motifs is 1. The Balaban J connectivity index is 1.08. The van der Waals surface area contributed by atoms with Gasteiger partial charge in [-0.25, -0.2) is 17.4 Å². The molecule has 0 unspecified atom stereocenters. The van der Waals surface area contributed by atoms with Crippen molar-refractivity contribution in [1.29, 1.82) is 0 Å². The molecule has 0 bridgehead atoms. The Labute approximate surface area is 323 Å². The largest absolute Gasteiger partial charge is 0.395 e. The van der Waals surface area contributed by atoms with Gasteiger partial charge in [-0.15, -0.1) is 0 Å². The second-order valence-corrected chi connectivity index (χ2v) is 17.2. The number of anilines is 1. The van der Waals surface area contributed by atoms with E-state index in [0.717, 1.165) is 75.3 Å². The van der Waals surface area contributed by atoms with Crippen molar-refractivity contribution in [3.8, 4) is 22.3 Å². The zero-order valence-corrected chi connectivity index (χ0v) is 32.5. The molecule has 5 aromatic rings. The maximum Gasteiger partial charge on any atom is 0.254 e. The molecule has 3 aliphatic rings. The molecule has 2 aromatic heterocycles. The van der Waals surface area contributed by atoms with E-state index in [4.69, 9.17) is 4.98 Å². The number of carbonyl (C=O) groups is 1. The molecule has 0 saturated carbocycles. The number of β-amino-alcohol motifs (C(OH)–C–C–N with tert-alkyl or cyclic N) is 2. The van der Waals surface area contributed by atoms with E-state index in [0.29, 0.717) is 46.9 Å². The van der Waals surface area contributed by atoms with Crippen molar-refractivity contribution in [2.45, 2.75) is 44.6 Å². The van der Waals surface area contributed by atoms with Crippen molar-refractivity contribution < 1.29 is 23.4 Å². The van der Waals surface area contributed by atoms with Gasteiger partial charge in [0.1, 0.15) is 0 Å². The third-order valence-corrected chi connectivity index (χ3v) is 13.2. The van der Waals surface area contributed by atoms with Crippen LogP contribution in [0.15, 0.2) is 85.2 Å². The first kappa shape index (κ1) is 37.3. The van der Waals surface area contributed by atoms with Gasteiger partial charge in [0.05, 0.1) is 18.5 Å². The van der Waals surface area contributed by atoms with Crippen molar-refractivity contribution in [2.75, 3.05) is 70.4 Å². The summed E-state index contributed by atoms with van der Waals surface area (Å²) in [6.07, 6.45) is 5.25. The van der Waals surface area contributed by atoms with Crippen LogP contribution in [-0.4, -0.2) is 126 Å². The highest BCUT2D eigenvalue weighted by atomic mass is 32.2. The van der Waals surface area contributed by atoms with E-state index in [1.165, 1.54) is 20.8 Å². The highest BCUT2D eigenvalue weighted by Gasteiger charge is 2.31. The van der Waals surface area contributed by atoms with Gasteiger partial charge >= 0.3 is 0 Å². The summed E-state index contributed by atoms with van der Waals surface area (Å²) in [4.78, 5) is 26.9. The minimum absolute atomic E-state index is 0.139. The molecule has 55 heavy (non-hydrogen) atoms. The SMILES string of the molecule is Cc1cc(-c2cnc3c(c2)c(-c2ccc(C(=O)N4CC(O)C4)cc2)cn3S(=O)(=O)Cc2ccccc2)cc(C)c1N1CCN(C2CCN(CCO)CC2)CC1. The van der Waals surface area contributed by atoms with Gasteiger partial charge in [0.2, 0.25) is 10.0 Å². The molecule has 3 aromatic carbocycles. The maximum absolute atomic E-state index is 14.0. The Hall–Kier alpha value is -4.59. The van der Waals surface area contributed by atoms with Crippen molar-refractivity contribution >= 4 is 32.7 Å². The first-order valence-electron chi connectivity index (χ1n) is 19.4. The van der Waals surface area contributed by atoms with Gasteiger partial charge in [-0.05, 0) is 97.9 Å². The second-order valence-electron chi connectivity index (χ2n) is 15.4. The second kappa shape index (κ2) is 15.5. The molecule has 8 rings (SSSR count). The van der Waals surface area contributed by atoms with Gasteiger partial charge < -0.3 is 24.9 Å². The number of carbonyl (C=O) groups excluding carboxylic acids is 1. The minimum Gasteiger partial charge on any atom is -0.395 e. The van der Waals surface area contributed by atoms with Crippen LogP contribution in [0.4, 0.5) is 5.69 Å². The first-order valence-corrected chi connectivity index (χ1v) is 21.0. The molecule has 1 amide bonds. The van der Waals surface area contributed by atoms with Crippen LogP contribution in [0.2, 0.25) is 0 Å². The topological polar surface area (TPSA) is 122 Å². The van der Waals surface area contributed by atoms with Gasteiger partial charge in [-0.1, -0.05) is 42.5 Å². The fraction of sp³-hybridized carbons (Fsp3) is 0.395. The van der Waals surface area contributed by atoms with E-state index in [1.807, 2.05) is 36.4 Å². The number of benzene rings is 3. The normalized spacial score (nSPS) is 17.9. The molecule has 0 aliphatic carbocycles. The highest BCUT2D eigenvalue weighted by molar-refractivity contribution is 7.89. The number of aromatic nitrogens is 2. The van der Waals surface area contributed by atoms with Crippen molar-refractivity contribution in [3.63, 3.8) is 0 Å². The monoisotopic (exact) mass is 762 g/mol. The summed E-state index contributed by atoms with van der Waals surface area (Å²) in [6, 6.07) is 23.4. The van der Waals surface area contributed by atoms with Crippen LogP contribution in [0.25, 0.3) is 33.3 Å². The number of hydrogen-bond acceptors (Lipinski definition) is 9. The molecule has 3 aliphatic heterocycles. The summed E-state index contributed by atoms with van der Waals surface area (Å²) in [5, 5.41) is 19.7. The predicted octanol–water partition coefficient (Wildman–Crippen LogP) is 4.76. The third-order valence-electron chi connectivity index (χ3n) is 11.6. The van der Waals surface area contributed by atoms with E-state index >= 15 is 0 Å². The van der Waals surface area contributed by atoms with Crippen LogP contribution < -0.4 is 4.90 Å². The smallest absolute Gasteiger partial charge is 0.254 e. The zero-order chi connectivity index (χ0) is 38.3. The Bertz CT molecular complexity index is 2250. The lowest BCUT2D eigenvalue weighted by atomic mass is 9.97. The maximum atomic E-state index is 14.0. The summed E-state index contributed by atoms with van der Waals surface area (Å²) >= 11 is 0. The molecular weight excluding hydrogens is 713 g/mol. The molecule has 0 spiro atoms. The predicted molar refractivity (Wildman–Crippen MR) is 217 cm³/mol. The third kappa shape index (κ3) is 7.66. The number of aliphatic hydroxyl groups is 2. The van der Waals surface area contributed by atoms with Gasteiger partial charge in [0.25, 0.3) is 5.91 Å². The highest BCUT2D eigenvalue weighted by Crippen LogP contribution is 2.37. The summed E-state index contributed by atoms with van der Waals surface area (Å²) in [7, 11) is -3.84. The number of pyridine rings is 1. The number of nitrogens with zero attached hydrogens (tertiary/aromatic N) is 6. The van der Waals surface area contributed by atoms with Gasteiger partial charge in [0.15, 0.2) is 5.65 Å². The van der Waals surface area contributed by atoms with Gasteiger partial charge in [-0.2, -0.15) is 0 Å². The average molecular weight is 763 g/mol. The molecule has 2 N–H and O–H groups in total. The Kier molecular flexibility index (Phi) is 10.5. The van der Waals surface area contributed by atoms with Crippen LogP contribution in [0.1, 0.15) is 39.9 Å². The van der Waals surface area contributed by atoms with Crippen molar-refractivity contribution in [2.24, 2.45) is 0 Å². The fourth-order valence-corrected chi connectivity index (χ4v) is 10.1. The molecule has 3 saturated heterocycles. The number of piperidine rings is 1. The molecule has 288 valence electrons. The number of aryl methyl sites for hydroxylation is 2. The van der Waals surface area contributed by atoms with Crippen LogP contribution >= 0.6 is 0 Å². The standard InChI is InChI=1S/C43H50N6O5S/c1-30-22-35(23-31(2)41(30)47-18-16-46(17-19-47)37-12-14-45(15-13-37)20-21-50)36-24-39-40(33-8-10-34(11-9-33)43(52)48-26-38(51)27-48)28-49(42(39)44-25-36)55(53,54)29-32-6-4-3-5-7-32/h3-11,22-25,28,37-38,50-51H,12-21,26-27,29H2,1-2H3. The Morgan fingerprint density at radius 3 is 2.15 bits per heavy atom. The molecule has 5 heterocycles. The fourth-order valence-electron chi connectivity index (χ4n) is 8.71. The van der Waals surface area contributed by atoms with E-state index in [2.05, 4.69) is 40.7 Å². The number of likely N-dealkylation sites (tertiary alicyclic amines) is 2. The lowest BCUT2D eigenvalue weighted by Crippen LogP contribution is -2.53. The van der Waals surface area contributed by atoms with Crippen LogP contribution in [0, 0.1) is 13.8 Å². The quantitative estimate of drug-likeness (QED) is 0.208. The van der Waals surface area contributed by atoms with E-state index in [-0.39, 0.29) is 18.3 Å². The summed E-state index contributed by atoms with van der Waals surface area (Å²) in [6.45, 7) is 12.1. The van der Waals surface area contributed by atoms with E-state index in [9.17, 15) is 23.4 Å². The summed E-state index contributed by atoms with van der Waals surface area (Å²) in [5.41, 5.74) is 8.61. The molecule has 12 heteroatoms. The molecule has 3 fully saturated rings. The minimum atomic E-state index is -3.84.